The van der Waals surface area contributed by atoms with E-state index in [0.717, 1.165) is 19.6 Å². The van der Waals surface area contributed by atoms with E-state index in [4.69, 9.17) is 5.73 Å². The second kappa shape index (κ2) is 5.10. The molecule has 1 atom stereocenters. The molecule has 3 nitrogen and oxygen atoms in total. The molecule has 0 saturated carbocycles. The van der Waals surface area contributed by atoms with E-state index in [-0.39, 0.29) is 5.54 Å². The Kier molecular flexibility index (Phi) is 4.35. The zero-order valence-corrected chi connectivity index (χ0v) is 9.84. The van der Waals surface area contributed by atoms with E-state index in [2.05, 4.69) is 31.1 Å². The highest BCUT2D eigenvalue weighted by atomic mass is 15.2. The number of nitrogens with zero attached hydrogens (tertiary/aromatic N) is 1. The van der Waals surface area contributed by atoms with Gasteiger partial charge in [0.25, 0.3) is 0 Å². The molecular weight excluding hydrogens is 174 g/mol. The molecule has 0 aromatic carbocycles. The van der Waals surface area contributed by atoms with Crippen LogP contribution in [0.4, 0.5) is 0 Å². The van der Waals surface area contributed by atoms with Gasteiger partial charge in [0.2, 0.25) is 0 Å². The van der Waals surface area contributed by atoms with Gasteiger partial charge in [-0.2, -0.15) is 0 Å². The largest absolute Gasteiger partial charge is 0.329 e. The van der Waals surface area contributed by atoms with Crippen LogP contribution in [-0.4, -0.2) is 43.7 Å². The molecule has 1 unspecified atom stereocenters. The SMILES string of the molecule is CC(C)CNC1(CN)CCCN(C)C1. The van der Waals surface area contributed by atoms with Gasteiger partial charge in [-0.15, -0.1) is 0 Å². The first-order valence-corrected chi connectivity index (χ1v) is 5.72. The molecule has 0 aromatic rings. The van der Waals surface area contributed by atoms with E-state index >= 15 is 0 Å². The van der Waals surface area contributed by atoms with Crippen molar-refractivity contribution in [3.05, 3.63) is 0 Å². The molecule has 1 heterocycles. The van der Waals surface area contributed by atoms with E-state index in [9.17, 15) is 0 Å². The molecule has 1 fully saturated rings. The number of rotatable bonds is 4. The minimum absolute atomic E-state index is 0.178. The van der Waals surface area contributed by atoms with Crippen LogP contribution in [-0.2, 0) is 0 Å². The van der Waals surface area contributed by atoms with Gasteiger partial charge in [-0.1, -0.05) is 13.8 Å². The summed E-state index contributed by atoms with van der Waals surface area (Å²) >= 11 is 0. The summed E-state index contributed by atoms with van der Waals surface area (Å²) in [5, 5.41) is 3.65. The highest BCUT2D eigenvalue weighted by molar-refractivity contribution is 4.94. The molecule has 3 N–H and O–H groups in total. The van der Waals surface area contributed by atoms with E-state index in [0.29, 0.717) is 5.92 Å². The smallest absolute Gasteiger partial charge is 0.0433 e. The lowest BCUT2D eigenvalue weighted by Crippen LogP contribution is -2.60. The Morgan fingerprint density at radius 3 is 2.71 bits per heavy atom. The Morgan fingerprint density at radius 1 is 1.50 bits per heavy atom. The molecule has 0 aromatic heterocycles. The first kappa shape index (κ1) is 12.0. The number of nitrogens with two attached hydrogens (primary N) is 1. The lowest BCUT2D eigenvalue weighted by Gasteiger charge is -2.42. The van der Waals surface area contributed by atoms with Crippen LogP contribution in [0.2, 0.25) is 0 Å². The van der Waals surface area contributed by atoms with Gasteiger partial charge in [0.05, 0.1) is 0 Å². The molecule has 1 rings (SSSR count). The van der Waals surface area contributed by atoms with Crippen LogP contribution in [0.15, 0.2) is 0 Å². The van der Waals surface area contributed by atoms with Crippen LogP contribution in [0.1, 0.15) is 26.7 Å². The maximum Gasteiger partial charge on any atom is 0.0433 e. The quantitative estimate of drug-likeness (QED) is 0.699. The van der Waals surface area contributed by atoms with Gasteiger partial charge in [0.1, 0.15) is 0 Å². The first-order chi connectivity index (χ1) is 6.58. The molecule has 0 spiro atoms. The number of nitrogens with one attached hydrogen (secondary N) is 1. The van der Waals surface area contributed by atoms with Gasteiger partial charge >= 0.3 is 0 Å². The van der Waals surface area contributed by atoms with Gasteiger partial charge in [0, 0.05) is 18.6 Å². The van der Waals surface area contributed by atoms with E-state index in [1.54, 1.807) is 0 Å². The summed E-state index contributed by atoms with van der Waals surface area (Å²) in [5.41, 5.74) is 6.08. The molecular formula is C11H25N3. The van der Waals surface area contributed by atoms with Crippen molar-refractivity contribution in [3.8, 4) is 0 Å². The summed E-state index contributed by atoms with van der Waals surface area (Å²) in [6.07, 6.45) is 2.49. The van der Waals surface area contributed by atoms with Gasteiger partial charge in [0.15, 0.2) is 0 Å². The van der Waals surface area contributed by atoms with E-state index in [1.807, 2.05) is 0 Å². The Morgan fingerprint density at radius 2 is 2.21 bits per heavy atom. The number of piperidine rings is 1. The lowest BCUT2D eigenvalue weighted by molar-refractivity contribution is 0.146. The molecule has 0 bridgehead atoms. The average Bonchev–Trinajstić information content (AvgIpc) is 2.15. The fourth-order valence-corrected chi connectivity index (χ4v) is 2.17. The molecule has 0 aliphatic carbocycles. The van der Waals surface area contributed by atoms with Gasteiger partial charge in [-0.3, -0.25) is 0 Å². The summed E-state index contributed by atoms with van der Waals surface area (Å²) < 4.78 is 0. The summed E-state index contributed by atoms with van der Waals surface area (Å²) in [6.45, 7) is 8.62. The molecule has 3 heteroatoms. The van der Waals surface area contributed by atoms with E-state index < -0.39 is 0 Å². The van der Waals surface area contributed by atoms with Gasteiger partial charge in [-0.05, 0) is 38.9 Å². The number of likely N-dealkylation sites (tertiary alicyclic amines) is 1. The van der Waals surface area contributed by atoms with Crippen LogP contribution in [0, 0.1) is 5.92 Å². The molecule has 1 aliphatic rings. The van der Waals surface area contributed by atoms with Crippen LogP contribution in [0.25, 0.3) is 0 Å². The minimum atomic E-state index is 0.178. The lowest BCUT2D eigenvalue weighted by atomic mass is 9.89. The van der Waals surface area contributed by atoms with Crippen LogP contribution >= 0.6 is 0 Å². The van der Waals surface area contributed by atoms with Crippen molar-refractivity contribution in [1.82, 2.24) is 10.2 Å². The van der Waals surface area contributed by atoms with Gasteiger partial charge < -0.3 is 16.0 Å². The third-order valence-electron chi connectivity index (χ3n) is 3.04. The maximum absolute atomic E-state index is 5.90. The standard InChI is InChI=1S/C11H25N3/c1-10(2)7-13-11(8-12)5-4-6-14(3)9-11/h10,13H,4-9,12H2,1-3H3. The van der Waals surface area contributed by atoms with Crippen molar-refractivity contribution in [2.24, 2.45) is 11.7 Å². The van der Waals surface area contributed by atoms with Crippen molar-refractivity contribution in [2.45, 2.75) is 32.2 Å². The molecule has 14 heavy (non-hydrogen) atoms. The highest BCUT2D eigenvalue weighted by Gasteiger charge is 2.32. The highest BCUT2D eigenvalue weighted by Crippen LogP contribution is 2.19. The normalized spacial score (nSPS) is 29.8. The summed E-state index contributed by atoms with van der Waals surface area (Å²) in [4.78, 5) is 2.38. The number of hydrogen-bond acceptors (Lipinski definition) is 3. The van der Waals surface area contributed by atoms with Crippen molar-refractivity contribution in [3.63, 3.8) is 0 Å². The molecule has 0 amide bonds. The van der Waals surface area contributed by atoms with Crippen LogP contribution in [0.5, 0.6) is 0 Å². The van der Waals surface area contributed by atoms with Crippen LogP contribution < -0.4 is 11.1 Å². The number of hydrogen-bond donors (Lipinski definition) is 2. The van der Waals surface area contributed by atoms with E-state index in [1.165, 1.54) is 19.4 Å². The van der Waals surface area contributed by atoms with Crippen molar-refractivity contribution in [2.75, 3.05) is 33.2 Å². The van der Waals surface area contributed by atoms with Crippen LogP contribution in [0.3, 0.4) is 0 Å². The topological polar surface area (TPSA) is 41.3 Å². The average molecular weight is 199 g/mol. The fraction of sp³-hybridized carbons (Fsp3) is 1.00. The Balaban J connectivity index is 2.47. The summed E-state index contributed by atoms with van der Waals surface area (Å²) in [5.74, 6) is 0.700. The van der Waals surface area contributed by atoms with Gasteiger partial charge in [-0.25, -0.2) is 0 Å². The van der Waals surface area contributed by atoms with Crippen molar-refractivity contribution >= 4 is 0 Å². The second-order valence-corrected chi connectivity index (χ2v) is 5.10. The number of likely N-dealkylation sites (N-methyl/N-ethyl adjacent to an activating group) is 1. The minimum Gasteiger partial charge on any atom is -0.329 e. The second-order valence-electron chi connectivity index (χ2n) is 5.10. The zero-order valence-electron chi connectivity index (χ0n) is 9.84. The summed E-state index contributed by atoms with van der Waals surface area (Å²) in [7, 11) is 2.18. The Labute approximate surface area is 88.0 Å². The fourth-order valence-electron chi connectivity index (χ4n) is 2.17. The zero-order chi connectivity index (χ0) is 10.6. The molecule has 0 radical (unpaired) electrons. The summed E-state index contributed by atoms with van der Waals surface area (Å²) in [6, 6.07) is 0. The van der Waals surface area contributed by atoms with Crippen molar-refractivity contribution < 1.29 is 0 Å². The van der Waals surface area contributed by atoms with Crippen molar-refractivity contribution in [1.29, 1.82) is 0 Å². The maximum atomic E-state index is 5.90. The Hall–Kier alpha value is -0.120. The third-order valence-corrected chi connectivity index (χ3v) is 3.04. The predicted octanol–water partition coefficient (Wildman–Crippen LogP) is 0.655. The Bertz CT molecular complexity index is 170. The molecule has 1 aliphatic heterocycles. The first-order valence-electron chi connectivity index (χ1n) is 5.72. The molecule has 1 saturated heterocycles. The monoisotopic (exact) mass is 199 g/mol. The molecule has 84 valence electrons. The predicted molar refractivity (Wildman–Crippen MR) is 61.4 cm³/mol. The third kappa shape index (κ3) is 3.23.